The van der Waals surface area contributed by atoms with Gasteiger partial charge in [0, 0.05) is 17.5 Å². The van der Waals surface area contributed by atoms with E-state index in [1.54, 1.807) is 17.4 Å². The molecule has 3 aromatic rings. The molecule has 0 unspecified atom stereocenters. The number of rotatable bonds is 4. The second-order valence-corrected chi connectivity index (χ2v) is 7.74. The Morgan fingerprint density at radius 1 is 1.21 bits per heavy atom. The molecule has 2 aliphatic heterocycles. The highest BCUT2D eigenvalue weighted by Gasteiger charge is 2.41. The first kappa shape index (κ1) is 17.1. The van der Waals surface area contributed by atoms with Gasteiger partial charge in [-0.05, 0) is 42.6 Å². The van der Waals surface area contributed by atoms with Crippen molar-refractivity contribution in [3.63, 3.8) is 0 Å². The quantitative estimate of drug-likeness (QED) is 0.672. The number of benzene rings is 2. The molecule has 1 N–H and O–H groups in total. The SMILES string of the molecule is CCOc1cc([C@@H]2Oc3ccccc3[C@H]3CC(c4cccs4)=NN32)ccc1O. The third kappa shape index (κ3) is 2.81. The lowest BCUT2D eigenvalue weighted by Gasteiger charge is -2.38. The van der Waals surface area contributed by atoms with Crippen molar-refractivity contribution in [2.75, 3.05) is 6.61 Å². The Labute approximate surface area is 167 Å². The van der Waals surface area contributed by atoms with Crippen molar-refractivity contribution in [3.05, 3.63) is 76.0 Å². The second-order valence-electron chi connectivity index (χ2n) is 6.79. The maximum absolute atomic E-state index is 10.1. The molecule has 0 aliphatic carbocycles. The number of aromatic hydroxyl groups is 1. The fourth-order valence-electron chi connectivity index (χ4n) is 3.80. The second kappa shape index (κ2) is 6.87. The molecule has 2 aromatic carbocycles. The zero-order valence-electron chi connectivity index (χ0n) is 15.4. The monoisotopic (exact) mass is 392 g/mol. The van der Waals surface area contributed by atoms with Gasteiger partial charge in [-0.2, -0.15) is 5.10 Å². The summed E-state index contributed by atoms with van der Waals surface area (Å²) in [6.07, 6.45) is 0.463. The van der Waals surface area contributed by atoms with Gasteiger partial charge in [0.05, 0.1) is 23.2 Å². The molecule has 0 spiro atoms. The Morgan fingerprint density at radius 3 is 2.93 bits per heavy atom. The topological polar surface area (TPSA) is 54.3 Å². The van der Waals surface area contributed by atoms with E-state index in [0.717, 1.165) is 29.0 Å². The number of phenolic OH excluding ortho intramolecular Hbond substituents is 1. The van der Waals surface area contributed by atoms with Crippen molar-refractivity contribution >= 4 is 17.0 Å². The van der Waals surface area contributed by atoms with Gasteiger partial charge < -0.3 is 14.6 Å². The fraction of sp³-hybridized carbons (Fsp3) is 0.227. The Kier molecular flexibility index (Phi) is 4.20. The van der Waals surface area contributed by atoms with Crippen molar-refractivity contribution < 1.29 is 14.6 Å². The van der Waals surface area contributed by atoms with Gasteiger partial charge in [-0.25, -0.2) is 5.01 Å². The van der Waals surface area contributed by atoms with Crippen LogP contribution in [-0.4, -0.2) is 22.4 Å². The number of thiophene rings is 1. The summed E-state index contributed by atoms with van der Waals surface area (Å²) in [4.78, 5) is 1.19. The van der Waals surface area contributed by atoms with Gasteiger partial charge in [0.2, 0.25) is 6.23 Å². The number of hydrazone groups is 1. The average Bonchev–Trinajstić information content (AvgIpc) is 3.39. The Bertz CT molecular complexity index is 1030. The number of hydrogen-bond acceptors (Lipinski definition) is 6. The van der Waals surface area contributed by atoms with Crippen molar-refractivity contribution in [2.24, 2.45) is 5.10 Å². The van der Waals surface area contributed by atoms with E-state index >= 15 is 0 Å². The normalized spacial score (nSPS) is 20.2. The summed E-state index contributed by atoms with van der Waals surface area (Å²) in [6.45, 7) is 2.38. The molecule has 3 heterocycles. The third-order valence-electron chi connectivity index (χ3n) is 5.07. The largest absolute Gasteiger partial charge is 0.504 e. The molecule has 0 saturated heterocycles. The molecule has 2 aliphatic rings. The predicted molar refractivity (Wildman–Crippen MR) is 109 cm³/mol. The van der Waals surface area contributed by atoms with Crippen molar-refractivity contribution in [1.82, 2.24) is 5.01 Å². The van der Waals surface area contributed by atoms with Crippen LogP contribution in [0.15, 0.2) is 65.1 Å². The van der Waals surface area contributed by atoms with Crippen LogP contribution in [0.5, 0.6) is 17.2 Å². The molecule has 2 atom stereocenters. The minimum Gasteiger partial charge on any atom is -0.504 e. The molecule has 6 heteroatoms. The number of fused-ring (bicyclic) bond motifs is 3. The lowest BCUT2D eigenvalue weighted by atomic mass is 9.97. The van der Waals surface area contributed by atoms with Gasteiger partial charge in [0.1, 0.15) is 5.75 Å². The molecule has 0 amide bonds. The average molecular weight is 392 g/mol. The number of nitrogens with zero attached hydrogens (tertiary/aromatic N) is 2. The minimum atomic E-state index is -0.378. The van der Waals surface area contributed by atoms with E-state index < -0.39 is 0 Å². The van der Waals surface area contributed by atoms with E-state index in [4.69, 9.17) is 14.6 Å². The van der Waals surface area contributed by atoms with Gasteiger partial charge in [-0.15, -0.1) is 11.3 Å². The summed E-state index contributed by atoms with van der Waals surface area (Å²) in [6, 6.07) is 17.8. The molecule has 5 rings (SSSR count). The summed E-state index contributed by atoms with van der Waals surface area (Å²) < 4.78 is 11.9. The molecule has 0 bridgehead atoms. The highest BCUT2D eigenvalue weighted by atomic mass is 32.1. The Balaban J connectivity index is 1.59. The van der Waals surface area contributed by atoms with Gasteiger partial charge in [0.15, 0.2) is 11.5 Å². The molecule has 1 aromatic heterocycles. The van der Waals surface area contributed by atoms with E-state index in [0.29, 0.717) is 12.4 Å². The first-order valence-corrected chi connectivity index (χ1v) is 10.2. The molecular formula is C22H20N2O3S. The first-order chi connectivity index (χ1) is 13.7. The van der Waals surface area contributed by atoms with E-state index in [2.05, 4.69) is 23.6 Å². The number of phenols is 1. The molecule has 142 valence electrons. The smallest absolute Gasteiger partial charge is 0.214 e. The fourth-order valence-corrected chi connectivity index (χ4v) is 4.52. The lowest BCUT2D eigenvalue weighted by Crippen LogP contribution is -2.33. The molecule has 0 saturated carbocycles. The maximum atomic E-state index is 10.1. The van der Waals surface area contributed by atoms with E-state index in [-0.39, 0.29) is 18.0 Å². The van der Waals surface area contributed by atoms with Crippen LogP contribution in [0, 0.1) is 0 Å². The predicted octanol–water partition coefficient (Wildman–Crippen LogP) is 5.09. The van der Waals surface area contributed by atoms with Crippen LogP contribution < -0.4 is 9.47 Å². The van der Waals surface area contributed by atoms with Gasteiger partial charge >= 0.3 is 0 Å². The summed E-state index contributed by atoms with van der Waals surface area (Å²) in [7, 11) is 0. The van der Waals surface area contributed by atoms with E-state index in [9.17, 15) is 5.11 Å². The highest BCUT2D eigenvalue weighted by Crippen LogP contribution is 2.48. The van der Waals surface area contributed by atoms with Crippen LogP contribution in [0.3, 0.4) is 0 Å². The standard InChI is InChI=1S/C22H20N2O3S/c1-2-26-20-12-14(9-10-18(20)25)22-24-17(15-6-3-4-7-19(15)27-22)13-16(23-24)21-8-5-11-28-21/h3-12,17,22,25H,2,13H2,1H3/t17-,22+/m1/s1. The number of para-hydroxylation sites is 1. The van der Waals surface area contributed by atoms with E-state index in [1.165, 1.54) is 4.88 Å². The number of ether oxygens (including phenoxy) is 2. The van der Waals surface area contributed by atoms with Crippen LogP contribution in [-0.2, 0) is 0 Å². The highest BCUT2D eigenvalue weighted by molar-refractivity contribution is 7.12. The molecule has 28 heavy (non-hydrogen) atoms. The van der Waals surface area contributed by atoms with E-state index in [1.807, 2.05) is 42.3 Å². The van der Waals surface area contributed by atoms with Gasteiger partial charge in [-0.1, -0.05) is 24.3 Å². The third-order valence-corrected chi connectivity index (χ3v) is 5.99. The summed E-state index contributed by atoms with van der Waals surface area (Å²) >= 11 is 1.70. The molecule has 0 radical (unpaired) electrons. The maximum Gasteiger partial charge on any atom is 0.214 e. The first-order valence-electron chi connectivity index (χ1n) is 9.35. The van der Waals surface area contributed by atoms with Crippen LogP contribution >= 0.6 is 11.3 Å². The molecular weight excluding hydrogens is 372 g/mol. The zero-order valence-corrected chi connectivity index (χ0v) is 16.2. The summed E-state index contributed by atoms with van der Waals surface area (Å²) in [5.74, 6) is 1.46. The van der Waals surface area contributed by atoms with Crippen LogP contribution in [0.1, 0.15) is 41.6 Å². The zero-order chi connectivity index (χ0) is 19.1. The summed E-state index contributed by atoms with van der Waals surface area (Å²) in [5.41, 5.74) is 3.13. The van der Waals surface area contributed by atoms with Crippen molar-refractivity contribution in [2.45, 2.75) is 25.6 Å². The Hall–Kier alpha value is -2.99. The molecule has 5 nitrogen and oxygen atoms in total. The number of hydrogen-bond donors (Lipinski definition) is 1. The lowest BCUT2D eigenvalue weighted by molar-refractivity contribution is -0.0191. The summed E-state index contributed by atoms with van der Waals surface area (Å²) in [5, 5.41) is 19.1. The van der Waals surface area contributed by atoms with Crippen molar-refractivity contribution in [3.8, 4) is 17.2 Å². The van der Waals surface area contributed by atoms with Crippen LogP contribution in [0.2, 0.25) is 0 Å². The Morgan fingerprint density at radius 2 is 2.11 bits per heavy atom. The van der Waals surface area contributed by atoms with Crippen LogP contribution in [0.4, 0.5) is 0 Å². The van der Waals surface area contributed by atoms with Crippen molar-refractivity contribution in [1.29, 1.82) is 0 Å². The van der Waals surface area contributed by atoms with Crippen LogP contribution in [0.25, 0.3) is 0 Å². The van der Waals surface area contributed by atoms with Gasteiger partial charge in [-0.3, -0.25) is 0 Å². The van der Waals surface area contributed by atoms with Gasteiger partial charge in [0.25, 0.3) is 0 Å². The molecule has 0 fully saturated rings. The minimum absolute atomic E-state index is 0.122.